The van der Waals surface area contributed by atoms with E-state index in [9.17, 15) is 0 Å². The summed E-state index contributed by atoms with van der Waals surface area (Å²) < 4.78 is 35.9. The van der Waals surface area contributed by atoms with Crippen molar-refractivity contribution in [2.75, 3.05) is 0 Å². The quantitative estimate of drug-likeness (QED) is 0.279. The molecule has 1 rings (SSSR count). The third kappa shape index (κ3) is 26.5. The number of imidazole rings is 1. The van der Waals surface area contributed by atoms with Gasteiger partial charge in [0.05, 0.1) is 13.6 Å². The summed E-state index contributed by atoms with van der Waals surface area (Å²) in [6.07, 6.45) is 16.9. The predicted molar refractivity (Wildman–Crippen MR) is 92.9 cm³/mol. The fraction of sp³-hybridized carbons (Fsp3) is 0.812. The van der Waals surface area contributed by atoms with Gasteiger partial charge in [-0.2, -0.15) is 8.42 Å². The Hall–Kier alpha value is -0.401. The van der Waals surface area contributed by atoms with Crippen molar-refractivity contribution in [1.82, 2.24) is 4.57 Å². The molecule has 0 saturated carbocycles. The Balaban J connectivity index is 0. The van der Waals surface area contributed by atoms with Crippen LogP contribution >= 0.6 is 0 Å². The van der Waals surface area contributed by atoms with Crippen molar-refractivity contribution < 1.29 is 38.1 Å². The monoisotopic (exact) mass is 413 g/mol. The molecule has 1 aromatic heterocycles. The van der Waals surface area contributed by atoms with Crippen LogP contribution in [-0.2, 0) is 40.0 Å². The number of rotatable bonds is 9. The standard InChI is InChI=1S/C8H15N2.C8H17.Cu.H2O4S/c1-3-4-5-10-7-6-9(2)8-10;1-3-5-7-8-6-4-2;;1-5(2,3)4/h6-8H,3-5H2,1-2H3;1,3-8H2,2H3;;(H2,1,2,3,4)/q+1;;;. The maximum Gasteiger partial charge on any atom is 0.394 e. The molecule has 0 aromatic carbocycles. The Labute approximate surface area is 156 Å². The van der Waals surface area contributed by atoms with E-state index >= 15 is 0 Å². The first-order chi connectivity index (χ1) is 11.2. The van der Waals surface area contributed by atoms with Crippen molar-refractivity contribution in [3.63, 3.8) is 0 Å². The summed E-state index contributed by atoms with van der Waals surface area (Å²) in [5.41, 5.74) is 0. The molecule has 1 aromatic rings. The van der Waals surface area contributed by atoms with Crippen LogP contribution in [0.4, 0.5) is 0 Å². The molecule has 24 heavy (non-hydrogen) atoms. The van der Waals surface area contributed by atoms with Gasteiger partial charge >= 0.3 is 77.2 Å². The number of hydrogen-bond acceptors (Lipinski definition) is 2. The molecule has 0 fully saturated rings. The summed E-state index contributed by atoms with van der Waals surface area (Å²) >= 11 is 4.96. The second-order valence-electron chi connectivity index (χ2n) is 5.54. The van der Waals surface area contributed by atoms with E-state index in [4.69, 9.17) is 33.5 Å². The van der Waals surface area contributed by atoms with Crippen molar-refractivity contribution >= 4 is 10.4 Å². The maximum atomic E-state index is 8.74. The molecular formula is C16H34CuN2O4S+. The second-order valence-corrected chi connectivity index (χ2v) is 6.90. The summed E-state index contributed by atoms with van der Waals surface area (Å²) in [5.74, 6) is 0. The maximum absolute atomic E-state index is 8.74. The van der Waals surface area contributed by atoms with E-state index in [1.54, 1.807) is 0 Å². The van der Waals surface area contributed by atoms with Crippen LogP contribution in [0.1, 0.15) is 65.2 Å². The third-order valence-corrected chi connectivity index (χ3v) is 3.39. The molecule has 1 heterocycles. The van der Waals surface area contributed by atoms with Crippen molar-refractivity contribution in [3.8, 4) is 0 Å². The number of unbranched alkanes of at least 4 members (excludes halogenated alkanes) is 6. The van der Waals surface area contributed by atoms with Crippen LogP contribution in [0.15, 0.2) is 18.7 Å². The van der Waals surface area contributed by atoms with Crippen molar-refractivity contribution in [2.24, 2.45) is 7.05 Å². The van der Waals surface area contributed by atoms with E-state index in [0.29, 0.717) is 0 Å². The molecule has 0 saturated heterocycles. The van der Waals surface area contributed by atoms with E-state index in [-0.39, 0.29) is 0 Å². The third-order valence-electron chi connectivity index (χ3n) is 3.05. The van der Waals surface area contributed by atoms with Gasteiger partial charge in [-0.05, 0) is 6.42 Å². The smallest absolute Gasteiger partial charge is 0.264 e. The molecule has 2 N–H and O–H groups in total. The minimum Gasteiger partial charge on any atom is -0.264 e. The summed E-state index contributed by atoms with van der Waals surface area (Å²) in [4.78, 5) is 0. The van der Waals surface area contributed by atoms with Gasteiger partial charge < -0.3 is 0 Å². The van der Waals surface area contributed by atoms with Gasteiger partial charge in [0.2, 0.25) is 6.33 Å². The molecule has 0 spiro atoms. The molecular weight excluding hydrogens is 380 g/mol. The minimum absolute atomic E-state index is 0.930. The number of nitrogens with zero attached hydrogens (tertiary/aromatic N) is 2. The van der Waals surface area contributed by atoms with Crippen molar-refractivity contribution in [3.05, 3.63) is 18.7 Å². The first-order valence-electron chi connectivity index (χ1n) is 8.46. The fourth-order valence-corrected chi connectivity index (χ4v) is 2.07. The Kier molecular flexibility index (Phi) is 18.8. The molecule has 0 aliphatic carbocycles. The van der Waals surface area contributed by atoms with E-state index in [2.05, 4.69) is 41.7 Å². The Bertz CT molecular complexity index is 464. The van der Waals surface area contributed by atoms with Crippen LogP contribution in [0, 0.1) is 0 Å². The van der Waals surface area contributed by atoms with Crippen LogP contribution in [0.5, 0.6) is 0 Å². The molecule has 6 nitrogen and oxygen atoms in total. The first kappa shape index (κ1) is 25.8. The zero-order valence-corrected chi connectivity index (χ0v) is 16.9. The molecule has 8 heteroatoms. The van der Waals surface area contributed by atoms with E-state index < -0.39 is 10.4 Å². The van der Waals surface area contributed by atoms with Crippen molar-refractivity contribution in [1.29, 1.82) is 0 Å². The van der Waals surface area contributed by atoms with Crippen LogP contribution in [0.25, 0.3) is 0 Å². The Morgan fingerprint density at radius 1 is 1.00 bits per heavy atom. The van der Waals surface area contributed by atoms with Crippen LogP contribution in [-0.4, -0.2) is 22.1 Å². The molecule has 0 aliphatic rings. The normalized spacial score (nSPS) is 10.5. The largest absolute Gasteiger partial charge is 0.394 e. The zero-order chi connectivity index (χ0) is 18.8. The number of hydrogen-bond donors (Lipinski definition) is 2. The van der Waals surface area contributed by atoms with E-state index in [1.807, 2.05) is 7.05 Å². The van der Waals surface area contributed by atoms with Gasteiger partial charge in [0.25, 0.3) is 0 Å². The Morgan fingerprint density at radius 3 is 1.92 bits per heavy atom. The Morgan fingerprint density at radius 2 is 1.50 bits per heavy atom. The summed E-state index contributed by atoms with van der Waals surface area (Å²) in [5, 5.41) is 0.930. The summed E-state index contributed by atoms with van der Waals surface area (Å²) in [6, 6.07) is 0. The molecule has 0 radical (unpaired) electrons. The van der Waals surface area contributed by atoms with Gasteiger partial charge in [-0.3, -0.25) is 9.11 Å². The average Bonchev–Trinajstić information content (AvgIpc) is 2.90. The summed E-state index contributed by atoms with van der Waals surface area (Å²) in [7, 11) is -2.62. The van der Waals surface area contributed by atoms with Crippen molar-refractivity contribution in [2.45, 2.75) is 77.1 Å². The molecule has 0 unspecified atom stereocenters. The average molecular weight is 414 g/mol. The minimum atomic E-state index is -4.67. The number of aromatic nitrogens is 2. The van der Waals surface area contributed by atoms with Gasteiger partial charge in [-0.15, -0.1) is 0 Å². The number of aryl methyl sites for hydroxylation is 2. The fourth-order valence-electron chi connectivity index (χ4n) is 1.83. The van der Waals surface area contributed by atoms with Gasteiger partial charge in [0, 0.05) is 0 Å². The molecule has 0 aliphatic heterocycles. The molecule has 148 valence electrons. The van der Waals surface area contributed by atoms with Gasteiger partial charge in [0.1, 0.15) is 12.4 Å². The summed E-state index contributed by atoms with van der Waals surface area (Å²) in [6.45, 7) is 5.60. The SMILES string of the molecule is CCCCCCC[CH2][Cu].CCCCn1cc[n+](C)c1.O=S(=O)(O)O. The molecule has 0 amide bonds. The zero-order valence-electron chi connectivity index (χ0n) is 15.1. The molecule has 0 atom stereocenters. The van der Waals surface area contributed by atoms with Gasteiger partial charge in [-0.25, -0.2) is 9.13 Å². The van der Waals surface area contributed by atoms with Gasteiger partial charge in [0.15, 0.2) is 0 Å². The topological polar surface area (TPSA) is 83.4 Å². The van der Waals surface area contributed by atoms with Crippen LogP contribution in [0.2, 0.25) is 5.32 Å². The first-order valence-corrected chi connectivity index (χ1v) is 10.5. The van der Waals surface area contributed by atoms with E-state index in [0.717, 1.165) is 11.9 Å². The van der Waals surface area contributed by atoms with Gasteiger partial charge in [-0.1, -0.05) is 13.3 Å². The second kappa shape index (κ2) is 17.4. The predicted octanol–water partition coefficient (Wildman–Crippen LogP) is 3.77. The van der Waals surface area contributed by atoms with Crippen LogP contribution in [0.3, 0.4) is 0 Å². The molecule has 0 bridgehead atoms. The van der Waals surface area contributed by atoms with Crippen LogP contribution < -0.4 is 4.57 Å². The van der Waals surface area contributed by atoms with E-state index in [1.165, 1.54) is 51.4 Å².